The highest BCUT2D eigenvalue weighted by atomic mass is 35.5. The fourth-order valence-electron chi connectivity index (χ4n) is 5.40. The Morgan fingerprint density at radius 1 is 1.35 bits per heavy atom. The van der Waals surface area contributed by atoms with Crippen LogP contribution in [-0.2, 0) is 4.74 Å². The van der Waals surface area contributed by atoms with E-state index < -0.39 is 17.7 Å². The first-order valence-electron chi connectivity index (χ1n) is 11.6. The lowest BCUT2D eigenvalue weighted by atomic mass is 10.0. The highest BCUT2D eigenvalue weighted by molar-refractivity contribution is 6.36. The van der Waals surface area contributed by atoms with Gasteiger partial charge in [-0.3, -0.25) is 4.90 Å². The molecule has 2 aromatic heterocycles. The quantitative estimate of drug-likeness (QED) is 0.499. The van der Waals surface area contributed by atoms with Crippen molar-refractivity contribution < 1.29 is 18.3 Å². The Kier molecular flexibility index (Phi) is 6.02. The van der Waals surface area contributed by atoms with Crippen molar-refractivity contribution in [1.29, 1.82) is 0 Å². The van der Waals surface area contributed by atoms with Gasteiger partial charge in [0.15, 0.2) is 11.6 Å². The Bertz CT molecular complexity index is 1270. The van der Waals surface area contributed by atoms with Crippen LogP contribution in [0.4, 0.5) is 25.0 Å². The molecule has 182 valence electrons. The third-order valence-corrected chi connectivity index (χ3v) is 7.35. The third-order valence-electron chi connectivity index (χ3n) is 7.08. The first kappa shape index (κ1) is 23.1. The predicted molar refractivity (Wildman–Crippen MR) is 130 cm³/mol. The second-order valence-corrected chi connectivity index (χ2v) is 9.71. The van der Waals surface area contributed by atoms with Crippen molar-refractivity contribution in [1.82, 2.24) is 14.9 Å². The molecule has 2 fully saturated rings. The van der Waals surface area contributed by atoms with Crippen molar-refractivity contribution in [3.8, 4) is 0 Å². The van der Waals surface area contributed by atoms with Gasteiger partial charge in [0, 0.05) is 38.8 Å². The highest BCUT2D eigenvalue weighted by Gasteiger charge is 2.41. The summed E-state index contributed by atoms with van der Waals surface area (Å²) in [4.78, 5) is 25.8. The van der Waals surface area contributed by atoms with E-state index in [1.807, 2.05) is 6.92 Å². The van der Waals surface area contributed by atoms with Crippen LogP contribution >= 0.6 is 11.6 Å². The Morgan fingerprint density at radius 2 is 2.15 bits per heavy atom. The molecule has 4 heterocycles. The number of H-pyrrole nitrogens is 1. The molecule has 2 saturated heterocycles. The largest absolute Gasteiger partial charge is 0.449 e. The number of ether oxygens (including phenoxy) is 1. The molecule has 0 aliphatic carbocycles. The van der Waals surface area contributed by atoms with Crippen LogP contribution in [0.5, 0.6) is 0 Å². The summed E-state index contributed by atoms with van der Waals surface area (Å²) in [5.74, 6) is -1.56. The number of amides is 1. The van der Waals surface area contributed by atoms with Gasteiger partial charge in [0.25, 0.3) is 0 Å². The van der Waals surface area contributed by atoms with Crippen molar-refractivity contribution in [2.24, 2.45) is 5.92 Å². The molecule has 0 saturated carbocycles. The van der Waals surface area contributed by atoms with Gasteiger partial charge in [0.05, 0.1) is 45.5 Å². The standard InChI is InChI=1S/C24H28ClF2N5O2/c1-4-5-8-34-24(33)31(3)16-9-15(26)20(27)18-19-22(14(25)10-28-23(19)29-21(16)18)32-7-6-13-11-30(2)12-17(13)32/h9-10,13,17H,4-8,11-12H2,1-3H3,(H,28,29)/t13-,17+/m1/s1. The first-order chi connectivity index (χ1) is 16.3. The predicted octanol–water partition coefficient (Wildman–Crippen LogP) is 5.16. The van der Waals surface area contributed by atoms with Gasteiger partial charge < -0.3 is 19.5 Å². The fraction of sp³-hybridized carbons (Fsp3) is 0.500. The summed E-state index contributed by atoms with van der Waals surface area (Å²) >= 11 is 6.65. The van der Waals surface area contributed by atoms with Crippen molar-refractivity contribution in [3.05, 3.63) is 28.9 Å². The molecule has 1 aromatic carbocycles. The maximum atomic E-state index is 15.4. The van der Waals surface area contributed by atoms with Crippen LogP contribution in [0.1, 0.15) is 26.2 Å². The molecule has 2 aliphatic rings. The summed E-state index contributed by atoms with van der Waals surface area (Å²) in [5.41, 5.74) is 1.50. The molecule has 7 nitrogen and oxygen atoms in total. The van der Waals surface area contributed by atoms with Crippen LogP contribution < -0.4 is 9.80 Å². The number of fused-ring (bicyclic) bond motifs is 4. The summed E-state index contributed by atoms with van der Waals surface area (Å²) in [6.45, 7) is 4.90. The monoisotopic (exact) mass is 491 g/mol. The number of likely N-dealkylation sites (N-methyl/N-ethyl adjacent to an activating group) is 1. The van der Waals surface area contributed by atoms with Crippen molar-refractivity contribution in [2.45, 2.75) is 32.2 Å². The molecular weight excluding hydrogens is 464 g/mol. The van der Waals surface area contributed by atoms with Crippen molar-refractivity contribution >= 4 is 51.0 Å². The number of unbranched alkanes of at least 4 members (excludes halogenated alkanes) is 1. The second kappa shape index (κ2) is 8.85. The average molecular weight is 492 g/mol. The number of benzene rings is 1. The second-order valence-electron chi connectivity index (χ2n) is 9.30. The van der Waals surface area contributed by atoms with Crippen LogP contribution in [0.2, 0.25) is 5.02 Å². The first-order valence-corrected chi connectivity index (χ1v) is 12.0. The average Bonchev–Trinajstić information content (AvgIpc) is 3.48. The van der Waals surface area contributed by atoms with Crippen molar-refractivity contribution in [3.63, 3.8) is 0 Å². The van der Waals surface area contributed by atoms with Gasteiger partial charge in [-0.1, -0.05) is 24.9 Å². The number of aromatic amines is 1. The van der Waals surface area contributed by atoms with Crippen LogP contribution in [-0.4, -0.2) is 67.3 Å². The number of carbonyl (C=O) groups excluding carboxylic acids is 1. The van der Waals surface area contributed by atoms with Crippen LogP contribution in [0.25, 0.3) is 21.9 Å². The molecule has 10 heteroatoms. The van der Waals surface area contributed by atoms with E-state index in [1.54, 1.807) is 0 Å². The number of pyridine rings is 1. The van der Waals surface area contributed by atoms with E-state index in [1.165, 1.54) is 18.1 Å². The van der Waals surface area contributed by atoms with E-state index in [0.717, 1.165) is 45.0 Å². The van der Waals surface area contributed by atoms with Gasteiger partial charge in [0.2, 0.25) is 0 Å². The van der Waals surface area contributed by atoms with E-state index in [0.29, 0.717) is 27.7 Å². The zero-order valence-corrected chi connectivity index (χ0v) is 20.3. The van der Waals surface area contributed by atoms with E-state index in [-0.39, 0.29) is 29.2 Å². The van der Waals surface area contributed by atoms with Crippen molar-refractivity contribution in [2.75, 3.05) is 50.1 Å². The number of hydrogen-bond acceptors (Lipinski definition) is 5. The molecule has 0 radical (unpaired) electrons. The number of aromatic nitrogens is 2. The van der Waals surface area contributed by atoms with E-state index in [2.05, 4.69) is 26.8 Å². The van der Waals surface area contributed by atoms with Gasteiger partial charge in [-0.25, -0.2) is 18.6 Å². The molecule has 3 aromatic rings. The zero-order chi connectivity index (χ0) is 24.1. The molecule has 5 rings (SSSR count). The number of carbonyl (C=O) groups is 1. The minimum atomic E-state index is -1.05. The summed E-state index contributed by atoms with van der Waals surface area (Å²) in [7, 11) is 3.56. The van der Waals surface area contributed by atoms with Gasteiger partial charge in [0.1, 0.15) is 5.65 Å². The van der Waals surface area contributed by atoms with Gasteiger partial charge in [-0.15, -0.1) is 0 Å². The van der Waals surface area contributed by atoms with Gasteiger partial charge in [-0.05, 0) is 25.8 Å². The minimum absolute atomic E-state index is 0.0398. The molecule has 2 aliphatic heterocycles. The van der Waals surface area contributed by atoms with E-state index in [9.17, 15) is 9.18 Å². The molecule has 0 bridgehead atoms. The molecule has 34 heavy (non-hydrogen) atoms. The lowest BCUT2D eigenvalue weighted by Crippen LogP contribution is -2.34. The minimum Gasteiger partial charge on any atom is -0.449 e. The maximum absolute atomic E-state index is 15.4. The van der Waals surface area contributed by atoms with Crippen LogP contribution in [0.15, 0.2) is 12.3 Å². The number of rotatable bonds is 5. The summed E-state index contributed by atoms with van der Waals surface area (Å²) in [6.07, 6.45) is 3.50. The SMILES string of the molecule is CCCCOC(=O)N(C)c1cc(F)c(F)c2c1[nH]c1ncc(Cl)c(N3CC[C@@H]4CN(C)C[C@@H]43)c12. The molecule has 0 unspecified atom stereocenters. The number of likely N-dealkylation sites (tertiary alicyclic amines) is 1. The van der Waals surface area contributed by atoms with Crippen LogP contribution in [0, 0.1) is 17.6 Å². The van der Waals surface area contributed by atoms with Crippen LogP contribution in [0.3, 0.4) is 0 Å². The number of nitrogens with one attached hydrogen (secondary N) is 1. The van der Waals surface area contributed by atoms with Gasteiger partial charge in [-0.2, -0.15) is 0 Å². The number of nitrogens with zero attached hydrogens (tertiary/aromatic N) is 4. The fourth-order valence-corrected chi connectivity index (χ4v) is 5.65. The molecule has 1 amide bonds. The summed E-state index contributed by atoms with van der Waals surface area (Å²) in [5, 5.41) is 0.864. The highest BCUT2D eigenvalue weighted by Crippen LogP contribution is 2.45. The third kappa shape index (κ3) is 3.65. The number of hydrogen-bond donors (Lipinski definition) is 1. The summed E-state index contributed by atoms with van der Waals surface area (Å²) < 4.78 is 35.5. The Hall–Kier alpha value is -2.65. The number of halogens is 3. The number of anilines is 2. The smallest absolute Gasteiger partial charge is 0.414 e. The molecule has 0 spiro atoms. The Morgan fingerprint density at radius 3 is 2.91 bits per heavy atom. The lowest BCUT2D eigenvalue weighted by Gasteiger charge is -2.28. The van der Waals surface area contributed by atoms with Gasteiger partial charge >= 0.3 is 6.09 Å². The maximum Gasteiger partial charge on any atom is 0.414 e. The Balaban J connectivity index is 1.67. The normalized spacial score (nSPS) is 20.5. The summed E-state index contributed by atoms with van der Waals surface area (Å²) in [6, 6.07) is 1.25. The molecule has 1 N–H and O–H groups in total. The molecule has 2 atom stereocenters. The zero-order valence-electron chi connectivity index (χ0n) is 19.5. The Labute approximate surface area is 201 Å². The lowest BCUT2D eigenvalue weighted by molar-refractivity contribution is 0.153. The van der Waals surface area contributed by atoms with E-state index >= 15 is 4.39 Å². The molecular formula is C24H28ClF2N5O2. The van der Waals surface area contributed by atoms with E-state index in [4.69, 9.17) is 16.3 Å². The topological polar surface area (TPSA) is 64.7 Å².